The molecular formula is C15H13ClN2O2S. The molecule has 3 rings (SSSR count). The van der Waals surface area contributed by atoms with Gasteiger partial charge in [0.05, 0.1) is 10.4 Å². The quantitative estimate of drug-likeness (QED) is 0.909. The highest BCUT2D eigenvalue weighted by Crippen LogP contribution is 2.41. The summed E-state index contributed by atoms with van der Waals surface area (Å²) in [4.78, 5) is 23.6. The lowest BCUT2D eigenvalue weighted by Gasteiger charge is -2.03. The van der Waals surface area contributed by atoms with Gasteiger partial charge in [0.2, 0.25) is 5.91 Å². The van der Waals surface area contributed by atoms with Gasteiger partial charge >= 0.3 is 0 Å². The van der Waals surface area contributed by atoms with E-state index in [0.717, 1.165) is 12.0 Å². The van der Waals surface area contributed by atoms with Crippen LogP contribution in [0.1, 0.15) is 37.9 Å². The maximum absolute atomic E-state index is 12.1. The Morgan fingerprint density at radius 1 is 1.33 bits per heavy atom. The van der Waals surface area contributed by atoms with Crippen LogP contribution in [0.15, 0.2) is 35.7 Å². The fraction of sp³-hybridized carbons (Fsp3) is 0.200. The van der Waals surface area contributed by atoms with Crippen LogP contribution in [0.5, 0.6) is 0 Å². The number of primary amides is 1. The molecule has 0 radical (unpaired) electrons. The van der Waals surface area contributed by atoms with E-state index >= 15 is 0 Å². The van der Waals surface area contributed by atoms with Crippen molar-refractivity contribution in [3.8, 4) is 0 Å². The number of carbonyl (C=O) groups is 2. The highest BCUT2D eigenvalue weighted by atomic mass is 35.5. The van der Waals surface area contributed by atoms with Crippen LogP contribution in [0.4, 0.5) is 0 Å². The molecule has 2 aromatic rings. The summed E-state index contributed by atoms with van der Waals surface area (Å²) in [5.74, 6) is -0.376. The first-order chi connectivity index (χ1) is 10.0. The fourth-order valence-electron chi connectivity index (χ4n) is 2.28. The average molecular weight is 321 g/mol. The molecule has 0 bridgehead atoms. The number of nitrogens with two attached hydrogens (primary N) is 1. The Labute approximate surface area is 130 Å². The van der Waals surface area contributed by atoms with Crippen molar-refractivity contribution in [1.29, 1.82) is 0 Å². The Morgan fingerprint density at radius 2 is 2.14 bits per heavy atom. The van der Waals surface area contributed by atoms with Crippen LogP contribution in [0.2, 0.25) is 5.02 Å². The van der Waals surface area contributed by atoms with Crippen LogP contribution < -0.4 is 11.1 Å². The van der Waals surface area contributed by atoms with Crippen molar-refractivity contribution in [1.82, 2.24) is 5.32 Å². The second-order valence-corrected chi connectivity index (χ2v) is 6.39. The number of carbonyl (C=O) groups excluding carboxylic acids is 2. The molecule has 2 atom stereocenters. The smallest absolute Gasteiger partial charge is 0.261 e. The zero-order valence-corrected chi connectivity index (χ0v) is 12.6. The van der Waals surface area contributed by atoms with Crippen LogP contribution >= 0.6 is 22.9 Å². The lowest BCUT2D eigenvalue weighted by molar-refractivity contribution is 0.0954. The van der Waals surface area contributed by atoms with Crippen molar-refractivity contribution in [3.63, 3.8) is 0 Å². The summed E-state index contributed by atoms with van der Waals surface area (Å²) in [5.41, 5.74) is 6.68. The summed E-state index contributed by atoms with van der Waals surface area (Å²) >= 11 is 7.19. The Balaban J connectivity index is 1.63. The average Bonchev–Trinajstić information content (AvgIpc) is 3.01. The minimum atomic E-state index is -0.520. The second kappa shape index (κ2) is 5.50. The van der Waals surface area contributed by atoms with Crippen LogP contribution in [0, 0.1) is 0 Å². The van der Waals surface area contributed by atoms with E-state index < -0.39 is 5.91 Å². The molecule has 1 heterocycles. The standard InChI is InChI=1S/C15H13ClN2O2S/c16-10-3-1-2-8(4-10)11-6-12(11)18-15(20)13-5-9(7-21-13)14(17)19/h1-5,7,11-12H,6H2,(H2,17,19)(H,18,20). The van der Waals surface area contributed by atoms with Gasteiger partial charge in [0.1, 0.15) is 0 Å². The Hall–Kier alpha value is -1.85. The van der Waals surface area contributed by atoms with E-state index in [1.54, 1.807) is 5.38 Å². The van der Waals surface area contributed by atoms with E-state index in [9.17, 15) is 9.59 Å². The molecule has 108 valence electrons. The van der Waals surface area contributed by atoms with Crippen molar-refractivity contribution in [3.05, 3.63) is 56.7 Å². The van der Waals surface area contributed by atoms with E-state index in [-0.39, 0.29) is 11.9 Å². The van der Waals surface area contributed by atoms with E-state index in [4.69, 9.17) is 17.3 Å². The van der Waals surface area contributed by atoms with E-state index in [1.165, 1.54) is 17.4 Å². The first-order valence-corrected chi connectivity index (χ1v) is 7.75. The molecule has 1 aliphatic carbocycles. The Morgan fingerprint density at radius 3 is 2.81 bits per heavy atom. The van der Waals surface area contributed by atoms with Crippen molar-refractivity contribution < 1.29 is 9.59 Å². The largest absolute Gasteiger partial charge is 0.366 e. The van der Waals surface area contributed by atoms with Gasteiger partial charge < -0.3 is 11.1 Å². The maximum atomic E-state index is 12.1. The minimum Gasteiger partial charge on any atom is -0.366 e. The molecule has 1 aromatic carbocycles. The predicted octanol–water partition coefficient (Wildman–Crippen LogP) is 2.79. The van der Waals surface area contributed by atoms with Crippen molar-refractivity contribution in [2.45, 2.75) is 18.4 Å². The van der Waals surface area contributed by atoms with Gasteiger partial charge in [-0.3, -0.25) is 9.59 Å². The van der Waals surface area contributed by atoms with Crippen LogP contribution in [0.25, 0.3) is 0 Å². The van der Waals surface area contributed by atoms with Crippen molar-refractivity contribution in [2.75, 3.05) is 0 Å². The molecule has 1 aromatic heterocycles. The summed E-state index contributed by atoms with van der Waals surface area (Å²) in [6, 6.07) is 9.33. The summed E-state index contributed by atoms with van der Waals surface area (Å²) in [6.07, 6.45) is 0.903. The van der Waals surface area contributed by atoms with Crippen molar-refractivity contribution >= 4 is 34.8 Å². The molecular weight excluding hydrogens is 308 g/mol. The van der Waals surface area contributed by atoms with Gasteiger partial charge in [0.25, 0.3) is 5.91 Å². The summed E-state index contributed by atoms with van der Waals surface area (Å²) < 4.78 is 0. The molecule has 6 heteroatoms. The normalized spacial score (nSPS) is 20.0. The first-order valence-electron chi connectivity index (χ1n) is 6.49. The molecule has 0 saturated heterocycles. The Bertz CT molecular complexity index is 713. The number of thiophene rings is 1. The molecule has 2 unspecified atom stereocenters. The van der Waals surface area contributed by atoms with Gasteiger partial charge in [-0.25, -0.2) is 0 Å². The van der Waals surface area contributed by atoms with Crippen molar-refractivity contribution in [2.24, 2.45) is 5.73 Å². The molecule has 0 spiro atoms. The molecule has 21 heavy (non-hydrogen) atoms. The van der Waals surface area contributed by atoms with Gasteiger partial charge in [-0.2, -0.15) is 0 Å². The van der Waals surface area contributed by atoms with Crippen LogP contribution in [0.3, 0.4) is 0 Å². The first kappa shape index (κ1) is 14.1. The lowest BCUT2D eigenvalue weighted by atomic mass is 10.1. The van der Waals surface area contributed by atoms with Gasteiger partial charge in [-0.15, -0.1) is 11.3 Å². The molecule has 2 amide bonds. The number of amides is 2. The molecule has 0 aliphatic heterocycles. The third-order valence-electron chi connectivity index (χ3n) is 3.49. The second-order valence-electron chi connectivity index (χ2n) is 5.04. The lowest BCUT2D eigenvalue weighted by Crippen LogP contribution is -2.25. The van der Waals surface area contributed by atoms with E-state index in [2.05, 4.69) is 5.32 Å². The van der Waals surface area contributed by atoms with Crippen LogP contribution in [-0.2, 0) is 0 Å². The summed E-state index contributed by atoms with van der Waals surface area (Å²) in [5, 5.41) is 5.27. The maximum Gasteiger partial charge on any atom is 0.261 e. The number of hydrogen-bond donors (Lipinski definition) is 2. The van der Waals surface area contributed by atoms with Gasteiger partial charge in [0, 0.05) is 22.4 Å². The Kier molecular flexibility index (Phi) is 3.69. The highest BCUT2D eigenvalue weighted by molar-refractivity contribution is 7.12. The molecule has 1 aliphatic rings. The molecule has 3 N–H and O–H groups in total. The van der Waals surface area contributed by atoms with E-state index in [1.807, 2.05) is 24.3 Å². The molecule has 1 fully saturated rings. The molecule has 4 nitrogen and oxygen atoms in total. The minimum absolute atomic E-state index is 0.120. The zero-order chi connectivity index (χ0) is 15.0. The third-order valence-corrected chi connectivity index (χ3v) is 4.66. The van der Waals surface area contributed by atoms with Gasteiger partial charge in [-0.05, 0) is 30.2 Å². The van der Waals surface area contributed by atoms with E-state index in [0.29, 0.717) is 21.4 Å². The SMILES string of the molecule is NC(=O)c1csc(C(=O)NC2CC2c2cccc(Cl)c2)c1. The highest BCUT2D eigenvalue weighted by Gasteiger charge is 2.39. The summed E-state index contributed by atoms with van der Waals surface area (Å²) in [7, 11) is 0. The zero-order valence-electron chi connectivity index (χ0n) is 11.0. The van der Waals surface area contributed by atoms with Crippen LogP contribution in [-0.4, -0.2) is 17.9 Å². The number of halogens is 1. The number of benzene rings is 1. The number of hydrogen-bond acceptors (Lipinski definition) is 3. The number of rotatable bonds is 4. The van der Waals surface area contributed by atoms with Gasteiger partial charge in [-0.1, -0.05) is 23.7 Å². The number of nitrogens with one attached hydrogen (secondary N) is 1. The molecule has 1 saturated carbocycles. The monoisotopic (exact) mass is 320 g/mol. The summed E-state index contributed by atoms with van der Waals surface area (Å²) in [6.45, 7) is 0. The predicted molar refractivity (Wildman–Crippen MR) is 82.9 cm³/mol. The topological polar surface area (TPSA) is 72.2 Å². The fourth-order valence-corrected chi connectivity index (χ4v) is 3.28. The third kappa shape index (κ3) is 3.09. The van der Waals surface area contributed by atoms with Gasteiger partial charge in [0.15, 0.2) is 0 Å².